The van der Waals surface area contributed by atoms with Crippen LogP contribution >= 0.6 is 12.6 Å². The summed E-state index contributed by atoms with van der Waals surface area (Å²) in [6.07, 6.45) is 5.97. The molecule has 1 N–H and O–H groups in total. The largest absolute Gasteiger partial charge is 0.285 e. The summed E-state index contributed by atoms with van der Waals surface area (Å²) < 4.78 is 0. The molecule has 1 aromatic rings. The Bertz CT molecular complexity index is 170. The van der Waals surface area contributed by atoms with Crippen molar-refractivity contribution in [3.05, 3.63) is 18.0 Å². The van der Waals surface area contributed by atoms with Crippen LogP contribution in [0, 0.1) is 0 Å². The second-order valence-corrected chi connectivity index (χ2v) is 3.38. The molecule has 0 aromatic carbocycles. The minimum Gasteiger partial charge on any atom is -0.285 e. The molecule has 1 rings (SSSR count). The van der Waals surface area contributed by atoms with Crippen LogP contribution in [0.25, 0.3) is 0 Å². The van der Waals surface area contributed by atoms with Crippen molar-refractivity contribution >= 4 is 12.6 Å². The maximum Gasteiger partial charge on any atom is 0.0519 e. The predicted molar refractivity (Wildman–Crippen MR) is 45.4 cm³/mol. The molecular formula is C7H12N2S. The Morgan fingerprint density at radius 3 is 3.10 bits per heavy atom. The molecule has 1 heterocycles. The summed E-state index contributed by atoms with van der Waals surface area (Å²) in [5.74, 6) is 0. The molecule has 0 spiro atoms. The van der Waals surface area contributed by atoms with Gasteiger partial charge in [-0.15, -0.1) is 0 Å². The zero-order valence-corrected chi connectivity index (χ0v) is 6.94. The van der Waals surface area contributed by atoms with Crippen LogP contribution in [0.1, 0.15) is 18.9 Å². The number of hydrogen-bond acceptors (Lipinski definition) is 2. The van der Waals surface area contributed by atoms with Crippen LogP contribution in [-0.2, 0) is 6.42 Å². The molecule has 0 aliphatic rings. The minimum atomic E-state index is 0.481. The van der Waals surface area contributed by atoms with Gasteiger partial charge in [0.2, 0.25) is 0 Å². The number of nitrogens with one attached hydrogen (secondary N) is 1. The third kappa shape index (κ3) is 2.43. The van der Waals surface area contributed by atoms with Gasteiger partial charge in [-0.2, -0.15) is 17.7 Å². The highest BCUT2D eigenvalue weighted by Crippen LogP contribution is 2.05. The predicted octanol–water partition coefficient (Wildman–Crippen LogP) is 1.66. The van der Waals surface area contributed by atoms with Crippen LogP contribution in [0.3, 0.4) is 0 Å². The van der Waals surface area contributed by atoms with Gasteiger partial charge in [-0.05, 0) is 23.7 Å². The molecule has 0 radical (unpaired) electrons. The van der Waals surface area contributed by atoms with E-state index in [0.29, 0.717) is 5.25 Å². The van der Waals surface area contributed by atoms with Gasteiger partial charge in [-0.3, -0.25) is 5.10 Å². The number of aromatic nitrogens is 2. The molecule has 0 aliphatic heterocycles. The maximum absolute atomic E-state index is 4.28. The first-order chi connectivity index (χ1) is 4.79. The lowest BCUT2D eigenvalue weighted by molar-refractivity contribution is 0.816. The van der Waals surface area contributed by atoms with Gasteiger partial charge in [-0.25, -0.2) is 0 Å². The average molecular weight is 156 g/mol. The Balaban J connectivity index is 2.28. The first kappa shape index (κ1) is 7.66. The van der Waals surface area contributed by atoms with Gasteiger partial charge < -0.3 is 0 Å². The molecular weight excluding hydrogens is 144 g/mol. The average Bonchev–Trinajstić information content (AvgIpc) is 2.34. The van der Waals surface area contributed by atoms with Crippen molar-refractivity contribution in [3.8, 4) is 0 Å². The Morgan fingerprint density at radius 1 is 1.80 bits per heavy atom. The summed E-state index contributed by atoms with van der Waals surface area (Å²) in [6, 6.07) is 0. The number of hydrogen-bond donors (Lipinski definition) is 2. The van der Waals surface area contributed by atoms with E-state index in [4.69, 9.17) is 0 Å². The summed E-state index contributed by atoms with van der Waals surface area (Å²) in [5, 5.41) is 7.11. The minimum absolute atomic E-state index is 0.481. The number of nitrogens with zero attached hydrogens (tertiary/aromatic N) is 1. The van der Waals surface area contributed by atoms with E-state index in [9.17, 15) is 0 Å². The summed E-state index contributed by atoms with van der Waals surface area (Å²) in [4.78, 5) is 0. The van der Waals surface area contributed by atoms with Crippen molar-refractivity contribution in [1.82, 2.24) is 10.2 Å². The van der Waals surface area contributed by atoms with Gasteiger partial charge in [0.25, 0.3) is 0 Å². The van der Waals surface area contributed by atoms with E-state index in [1.165, 1.54) is 5.56 Å². The number of aryl methyl sites for hydroxylation is 1. The van der Waals surface area contributed by atoms with E-state index in [0.717, 1.165) is 12.8 Å². The lowest BCUT2D eigenvalue weighted by atomic mass is 10.2. The first-order valence-corrected chi connectivity index (χ1v) is 3.96. The fraction of sp³-hybridized carbons (Fsp3) is 0.571. The molecule has 56 valence electrons. The Morgan fingerprint density at radius 2 is 2.60 bits per heavy atom. The molecule has 3 heteroatoms. The third-order valence-electron chi connectivity index (χ3n) is 1.41. The van der Waals surface area contributed by atoms with Gasteiger partial charge in [0.05, 0.1) is 6.20 Å². The van der Waals surface area contributed by atoms with Crippen LogP contribution in [-0.4, -0.2) is 15.4 Å². The lowest BCUT2D eigenvalue weighted by Crippen LogP contribution is -1.93. The summed E-state index contributed by atoms with van der Waals surface area (Å²) in [5.41, 5.74) is 1.26. The van der Waals surface area contributed by atoms with Crippen LogP contribution < -0.4 is 0 Å². The lowest BCUT2D eigenvalue weighted by Gasteiger charge is -1.99. The Labute approximate surface area is 66.4 Å². The fourth-order valence-electron chi connectivity index (χ4n) is 0.790. The molecule has 1 unspecified atom stereocenters. The summed E-state index contributed by atoms with van der Waals surface area (Å²) in [6.45, 7) is 2.10. The highest BCUT2D eigenvalue weighted by atomic mass is 32.1. The van der Waals surface area contributed by atoms with Gasteiger partial charge in [0.15, 0.2) is 0 Å². The highest BCUT2D eigenvalue weighted by Gasteiger charge is 1.96. The molecule has 1 atom stereocenters. The zero-order valence-electron chi connectivity index (χ0n) is 6.04. The molecule has 1 aromatic heterocycles. The Kier molecular flexibility index (Phi) is 2.81. The third-order valence-corrected chi connectivity index (χ3v) is 1.66. The van der Waals surface area contributed by atoms with Gasteiger partial charge >= 0.3 is 0 Å². The van der Waals surface area contributed by atoms with E-state index in [2.05, 4.69) is 29.7 Å². The van der Waals surface area contributed by atoms with Gasteiger partial charge in [-0.1, -0.05) is 6.92 Å². The Hall–Kier alpha value is -0.440. The van der Waals surface area contributed by atoms with Crippen molar-refractivity contribution in [2.45, 2.75) is 25.0 Å². The van der Waals surface area contributed by atoms with E-state index in [-0.39, 0.29) is 0 Å². The van der Waals surface area contributed by atoms with E-state index in [1.54, 1.807) is 0 Å². The molecule has 0 amide bonds. The molecule has 0 saturated heterocycles. The van der Waals surface area contributed by atoms with Crippen LogP contribution in [0.5, 0.6) is 0 Å². The van der Waals surface area contributed by atoms with Crippen LogP contribution in [0.4, 0.5) is 0 Å². The quantitative estimate of drug-likeness (QED) is 0.640. The number of rotatable bonds is 3. The number of H-pyrrole nitrogens is 1. The van der Waals surface area contributed by atoms with E-state index >= 15 is 0 Å². The highest BCUT2D eigenvalue weighted by molar-refractivity contribution is 7.80. The molecule has 10 heavy (non-hydrogen) atoms. The SMILES string of the molecule is CC(S)CCc1cn[nH]c1. The van der Waals surface area contributed by atoms with Gasteiger partial charge in [0.1, 0.15) is 0 Å². The molecule has 0 aliphatic carbocycles. The molecule has 0 saturated carbocycles. The fourth-order valence-corrected chi connectivity index (χ4v) is 0.919. The summed E-state index contributed by atoms with van der Waals surface area (Å²) >= 11 is 4.28. The number of thiol groups is 1. The van der Waals surface area contributed by atoms with Crippen molar-refractivity contribution < 1.29 is 0 Å². The topological polar surface area (TPSA) is 28.7 Å². The van der Waals surface area contributed by atoms with E-state index < -0.39 is 0 Å². The van der Waals surface area contributed by atoms with Crippen molar-refractivity contribution in [3.63, 3.8) is 0 Å². The summed E-state index contributed by atoms with van der Waals surface area (Å²) in [7, 11) is 0. The first-order valence-electron chi connectivity index (χ1n) is 3.45. The van der Waals surface area contributed by atoms with Crippen molar-refractivity contribution in [2.24, 2.45) is 0 Å². The van der Waals surface area contributed by atoms with Crippen LogP contribution in [0.15, 0.2) is 12.4 Å². The molecule has 0 bridgehead atoms. The smallest absolute Gasteiger partial charge is 0.0519 e. The monoisotopic (exact) mass is 156 g/mol. The second kappa shape index (κ2) is 3.66. The number of aromatic amines is 1. The molecule has 2 nitrogen and oxygen atoms in total. The van der Waals surface area contributed by atoms with Crippen LogP contribution in [0.2, 0.25) is 0 Å². The maximum atomic E-state index is 4.28. The second-order valence-electron chi connectivity index (χ2n) is 2.49. The van der Waals surface area contributed by atoms with Crippen molar-refractivity contribution in [1.29, 1.82) is 0 Å². The van der Waals surface area contributed by atoms with Gasteiger partial charge in [0, 0.05) is 6.20 Å². The van der Waals surface area contributed by atoms with Crippen molar-refractivity contribution in [2.75, 3.05) is 0 Å². The normalized spacial score (nSPS) is 13.4. The zero-order chi connectivity index (χ0) is 7.40. The standard InChI is InChI=1S/C7H12N2S/c1-6(10)2-3-7-4-8-9-5-7/h4-6,10H,2-3H2,1H3,(H,8,9). The molecule has 0 fully saturated rings. The van der Waals surface area contributed by atoms with E-state index in [1.807, 2.05) is 12.4 Å².